The van der Waals surface area contributed by atoms with Gasteiger partial charge in [0.2, 0.25) is 0 Å². The van der Waals surface area contributed by atoms with Crippen molar-refractivity contribution in [3.05, 3.63) is 29.8 Å². The third-order valence-electron chi connectivity index (χ3n) is 2.44. The first-order chi connectivity index (χ1) is 7.19. The Hall–Kier alpha value is -0.770. The number of benzene rings is 1. The van der Waals surface area contributed by atoms with Crippen LogP contribution in [-0.2, 0) is 0 Å². The van der Waals surface area contributed by atoms with Gasteiger partial charge in [-0.2, -0.15) is 0 Å². The highest BCUT2D eigenvalue weighted by Gasteiger charge is 2.04. The molecular weight excluding hydrogens is 210 g/mol. The maximum absolute atomic E-state index is 5.82. The van der Waals surface area contributed by atoms with Crippen LogP contribution in [0.15, 0.2) is 24.3 Å². The summed E-state index contributed by atoms with van der Waals surface area (Å²) in [5.74, 6) is 0.626. The van der Waals surface area contributed by atoms with E-state index < -0.39 is 0 Å². The largest absolute Gasteiger partial charge is 0.373 e. The van der Waals surface area contributed by atoms with Crippen molar-refractivity contribution in [2.75, 3.05) is 30.9 Å². The van der Waals surface area contributed by atoms with Crippen molar-refractivity contribution in [2.45, 2.75) is 6.04 Å². The van der Waals surface area contributed by atoms with Gasteiger partial charge in [-0.25, -0.2) is 0 Å². The summed E-state index contributed by atoms with van der Waals surface area (Å²) in [6.45, 7) is 1.31. The fraction of sp³-hybridized carbons (Fsp3) is 0.455. The molecule has 1 aromatic carbocycles. The number of alkyl halides is 1. The Balaban J connectivity index is 2.71. The second-order valence-corrected chi connectivity index (χ2v) is 3.92. The number of hydrogen-bond donors (Lipinski definition) is 2. The Bertz CT molecular complexity index is 286. The third-order valence-corrected chi connectivity index (χ3v) is 2.60. The summed E-state index contributed by atoms with van der Waals surface area (Å²) in [5.41, 5.74) is 13.5. The molecule has 0 saturated carbocycles. The van der Waals surface area contributed by atoms with E-state index in [4.69, 9.17) is 23.1 Å². The standard InChI is InChI=1S/C11H18ClN3/c1-15(7-6-12)10-4-2-9(3-5-10)11(14)8-13/h2-5,11H,6-8,13-14H2,1H3. The molecule has 15 heavy (non-hydrogen) atoms. The topological polar surface area (TPSA) is 55.3 Å². The lowest BCUT2D eigenvalue weighted by Gasteiger charge is -2.18. The number of hydrogen-bond acceptors (Lipinski definition) is 3. The quantitative estimate of drug-likeness (QED) is 0.747. The van der Waals surface area contributed by atoms with Gasteiger partial charge in [0, 0.05) is 37.7 Å². The summed E-state index contributed by atoms with van der Waals surface area (Å²) in [4.78, 5) is 2.10. The second kappa shape index (κ2) is 5.95. The van der Waals surface area contributed by atoms with Gasteiger partial charge < -0.3 is 16.4 Å². The molecule has 4 heteroatoms. The Morgan fingerprint density at radius 1 is 1.33 bits per heavy atom. The number of anilines is 1. The second-order valence-electron chi connectivity index (χ2n) is 3.54. The van der Waals surface area contributed by atoms with Crippen molar-refractivity contribution in [3.63, 3.8) is 0 Å². The minimum absolute atomic E-state index is 0.0719. The van der Waals surface area contributed by atoms with Crippen LogP contribution in [0.1, 0.15) is 11.6 Å². The normalized spacial score (nSPS) is 12.5. The van der Waals surface area contributed by atoms with E-state index in [2.05, 4.69) is 4.90 Å². The van der Waals surface area contributed by atoms with Crippen molar-refractivity contribution < 1.29 is 0 Å². The summed E-state index contributed by atoms with van der Waals surface area (Å²) in [6, 6.07) is 8.03. The Morgan fingerprint density at radius 2 is 1.93 bits per heavy atom. The molecule has 0 fully saturated rings. The summed E-state index contributed by atoms with van der Waals surface area (Å²) in [7, 11) is 2.01. The molecule has 3 nitrogen and oxygen atoms in total. The molecule has 84 valence electrons. The van der Waals surface area contributed by atoms with Gasteiger partial charge >= 0.3 is 0 Å². The highest BCUT2D eigenvalue weighted by molar-refractivity contribution is 6.18. The molecule has 0 heterocycles. The van der Waals surface area contributed by atoms with Gasteiger partial charge in [-0.1, -0.05) is 12.1 Å². The lowest BCUT2D eigenvalue weighted by Crippen LogP contribution is -2.21. The van der Waals surface area contributed by atoms with Gasteiger partial charge in [-0.3, -0.25) is 0 Å². The molecule has 1 rings (SSSR count). The van der Waals surface area contributed by atoms with Crippen molar-refractivity contribution >= 4 is 17.3 Å². The van der Waals surface area contributed by atoms with Crippen molar-refractivity contribution in [1.29, 1.82) is 0 Å². The molecule has 0 aliphatic heterocycles. The average Bonchev–Trinajstić information content (AvgIpc) is 2.28. The first-order valence-corrected chi connectivity index (χ1v) is 5.55. The van der Waals surface area contributed by atoms with E-state index in [0.29, 0.717) is 12.4 Å². The first-order valence-electron chi connectivity index (χ1n) is 5.01. The number of nitrogens with zero attached hydrogens (tertiary/aromatic N) is 1. The predicted molar refractivity (Wildman–Crippen MR) is 66.4 cm³/mol. The van der Waals surface area contributed by atoms with Crippen LogP contribution in [0.2, 0.25) is 0 Å². The highest BCUT2D eigenvalue weighted by atomic mass is 35.5. The molecule has 0 spiro atoms. The van der Waals surface area contributed by atoms with Gasteiger partial charge in [0.05, 0.1) is 0 Å². The van der Waals surface area contributed by atoms with E-state index in [1.807, 2.05) is 31.3 Å². The zero-order chi connectivity index (χ0) is 11.3. The first kappa shape index (κ1) is 12.3. The zero-order valence-electron chi connectivity index (χ0n) is 8.99. The van der Waals surface area contributed by atoms with Crippen LogP contribution in [0, 0.1) is 0 Å². The third kappa shape index (κ3) is 3.38. The van der Waals surface area contributed by atoms with Gasteiger partial charge in [0.15, 0.2) is 0 Å². The Morgan fingerprint density at radius 3 is 2.40 bits per heavy atom. The molecule has 0 saturated heterocycles. The molecule has 0 aromatic heterocycles. The minimum atomic E-state index is -0.0719. The monoisotopic (exact) mass is 227 g/mol. The van der Waals surface area contributed by atoms with E-state index >= 15 is 0 Å². The van der Waals surface area contributed by atoms with Crippen LogP contribution >= 0.6 is 11.6 Å². The van der Waals surface area contributed by atoms with Crippen molar-refractivity contribution in [3.8, 4) is 0 Å². The van der Waals surface area contributed by atoms with Crippen LogP contribution in [-0.4, -0.2) is 26.0 Å². The van der Waals surface area contributed by atoms with Crippen LogP contribution in [0.3, 0.4) is 0 Å². The van der Waals surface area contributed by atoms with Gasteiger partial charge in [-0.15, -0.1) is 11.6 Å². The number of halogens is 1. The molecule has 0 radical (unpaired) electrons. The fourth-order valence-electron chi connectivity index (χ4n) is 1.37. The maximum Gasteiger partial charge on any atom is 0.0419 e. The molecule has 4 N–H and O–H groups in total. The molecule has 0 amide bonds. The maximum atomic E-state index is 5.82. The summed E-state index contributed by atoms with van der Waals surface area (Å²) >= 11 is 5.67. The molecule has 0 bridgehead atoms. The van der Waals surface area contributed by atoms with Crippen molar-refractivity contribution in [2.24, 2.45) is 11.5 Å². The van der Waals surface area contributed by atoms with Gasteiger partial charge in [0.25, 0.3) is 0 Å². The summed E-state index contributed by atoms with van der Waals surface area (Å²) < 4.78 is 0. The summed E-state index contributed by atoms with van der Waals surface area (Å²) in [6.07, 6.45) is 0. The van der Waals surface area contributed by atoms with Gasteiger partial charge in [-0.05, 0) is 17.7 Å². The van der Waals surface area contributed by atoms with Crippen molar-refractivity contribution in [1.82, 2.24) is 0 Å². The summed E-state index contributed by atoms with van der Waals surface area (Å²) in [5, 5.41) is 0. The van der Waals surface area contributed by atoms with Crippen LogP contribution < -0.4 is 16.4 Å². The SMILES string of the molecule is CN(CCCl)c1ccc(C(N)CN)cc1. The lowest BCUT2D eigenvalue weighted by molar-refractivity contribution is 0.737. The van der Waals surface area contributed by atoms with Crippen LogP contribution in [0.5, 0.6) is 0 Å². The molecule has 1 unspecified atom stereocenters. The molecular formula is C11H18ClN3. The minimum Gasteiger partial charge on any atom is -0.373 e. The smallest absolute Gasteiger partial charge is 0.0419 e. The van der Waals surface area contributed by atoms with Crippen LogP contribution in [0.4, 0.5) is 5.69 Å². The molecule has 1 atom stereocenters. The Kier molecular flexibility index (Phi) is 4.88. The average molecular weight is 228 g/mol. The van der Waals surface area contributed by atoms with E-state index in [1.54, 1.807) is 0 Å². The van der Waals surface area contributed by atoms with Crippen LogP contribution in [0.25, 0.3) is 0 Å². The zero-order valence-corrected chi connectivity index (χ0v) is 9.74. The highest BCUT2D eigenvalue weighted by Crippen LogP contribution is 2.16. The van der Waals surface area contributed by atoms with E-state index in [0.717, 1.165) is 17.8 Å². The number of nitrogens with two attached hydrogens (primary N) is 2. The van der Waals surface area contributed by atoms with E-state index in [1.165, 1.54) is 0 Å². The number of rotatable bonds is 5. The molecule has 0 aliphatic rings. The predicted octanol–water partition coefficient (Wildman–Crippen LogP) is 1.32. The molecule has 1 aromatic rings. The van der Waals surface area contributed by atoms with E-state index in [-0.39, 0.29) is 6.04 Å². The molecule has 0 aliphatic carbocycles. The lowest BCUT2D eigenvalue weighted by atomic mass is 10.1. The Labute approximate surface area is 96.0 Å². The van der Waals surface area contributed by atoms with Gasteiger partial charge in [0.1, 0.15) is 0 Å². The fourth-order valence-corrected chi connectivity index (χ4v) is 1.62. The van der Waals surface area contributed by atoms with E-state index in [9.17, 15) is 0 Å².